The zero-order valence-electron chi connectivity index (χ0n) is 11.1. The molecule has 0 aliphatic rings. The second-order valence-electron chi connectivity index (χ2n) is 4.19. The molecule has 1 N–H and O–H groups in total. The number of rotatable bonds is 4. The molecule has 0 bridgehead atoms. The summed E-state index contributed by atoms with van der Waals surface area (Å²) in [6.07, 6.45) is 0. The molecule has 2 aromatic carbocycles. The Morgan fingerprint density at radius 3 is 2.71 bits per heavy atom. The number of nitrogens with zero attached hydrogens (tertiary/aromatic N) is 1. The van der Waals surface area contributed by atoms with Crippen LogP contribution in [0.2, 0.25) is 0 Å². The van der Waals surface area contributed by atoms with Gasteiger partial charge in [-0.3, -0.25) is 0 Å². The molecule has 0 atom stereocenters. The third-order valence-electron chi connectivity index (χ3n) is 2.89. The van der Waals surface area contributed by atoms with Crippen molar-refractivity contribution in [1.82, 2.24) is 4.98 Å². The fourth-order valence-corrected chi connectivity index (χ4v) is 2.75. The van der Waals surface area contributed by atoms with E-state index in [1.807, 2.05) is 24.3 Å². The fourth-order valence-electron chi connectivity index (χ4n) is 1.93. The number of carbonyl (C=O) groups is 1. The average Bonchev–Trinajstić information content (AvgIpc) is 2.89. The number of carboxylic acids is 1. The van der Waals surface area contributed by atoms with E-state index in [0.717, 1.165) is 10.2 Å². The Morgan fingerprint density at radius 1 is 1.19 bits per heavy atom. The van der Waals surface area contributed by atoms with Gasteiger partial charge in [-0.05, 0) is 24.3 Å². The van der Waals surface area contributed by atoms with Gasteiger partial charge in [-0.15, -0.1) is 0 Å². The molecule has 6 heteroatoms. The first-order valence-corrected chi connectivity index (χ1v) is 6.94. The Bertz CT molecular complexity index is 779. The molecule has 0 radical (unpaired) electrons. The van der Waals surface area contributed by atoms with Crippen molar-refractivity contribution >= 4 is 27.5 Å². The molecule has 1 heterocycles. The van der Waals surface area contributed by atoms with E-state index in [0.29, 0.717) is 10.9 Å². The van der Waals surface area contributed by atoms with Crippen LogP contribution in [0.15, 0.2) is 42.5 Å². The minimum Gasteiger partial charge on any atom is -0.493 e. The van der Waals surface area contributed by atoms with Crippen LogP contribution in [0.1, 0.15) is 10.4 Å². The molecule has 0 spiro atoms. The zero-order chi connectivity index (χ0) is 14.8. The summed E-state index contributed by atoms with van der Waals surface area (Å²) in [4.78, 5) is 15.6. The Balaban J connectivity index is 2.06. The van der Waals surface area contributed by atoms with Crippen molar-refractivity contribution in [2.45, 2.75) is 0 Å². The highest BCUT2D eigenvalue weighted by molar-refractivity contribution is 7.20. The van der Waals surface area contributed by atoms with Crippen molar-refractivity contribution < 1.29 is 19.4 Å². The molecule has 3 aromatic rings. The van der Waals surface area contributed by atoms with Crippen molar-refractivity contribution in [3.05, 3.63) is 48.0 Å². The lowest BCUT2D eigenvalue weighted by Gasteiger charge is -2.10. The number of benzene rings is 2. The second-order valence-corrected chi connectivity index (χ2v) is 5.18. The van der Waals surface area contributed by atoms with Crippen LogP contribution >= 0.6 is 11.3 Å². The average molecular weight is 301 g/mol. The number of hydrogen-bond donors (Lipinski definition) is 1. The number of thiazole rings is 1. The Labute approximate surface area is 124 Å². The minimum absolute atomic E-state index is 0.0357. The predicted molar refractivity (Wildman–Crippen MR) is 79.6 cm³/mol. The molecule has 0 unspecified atom stereocenters. The van der Waals surface area contributed by atoms with Crippen molar-refractivity contribution in [2.24, 2.45) is 0 Å². The first kappa shape index (κ1) is 13.4. The molecule has 0 aliphatic carbocycles. The molecular weight excluding hydrogens is 290 g/mol. The van der Waals surface area contributed by atoms with Crippen molar-refractivity contribution in [3.63, 3.8) is 0 Å². The summed E-state index contributed by atoms with van der Waals surface area (Å²) >= 11 is 1.35. The number of aromatic nitrogens is 1. The molecule has 0 aliphatic heterocycles. The normalized spacial score (nSPS) is 10.5. The van der Waals surface area contributed by atoms with E-state index in [1.165, 1.54) is 24.5 Å². The first-order valence-electron chi connectivity index (χ1n) is 6.13. The molecule has 3 rings (SSSR count). The maximum Gasteiger partial charge on any atom is 0.339 e. The predicted octanol–water partition coefficient (Wildman–Crippen LogP) is 3.80. The smallest absolute Gasteiger partial charge is 0.339 e. The monoisotopic (exact) mass is 301 g/mol. The highest BCUT2D eigenvalue weighted by Gasteiger charge is 2.18. The largest absolute Gasteiger partial charge is 0.493 e. The van der Waals surface area contributed by atoms with E-state index < -0.39 is 5.97 Å². The summed E-state index contributed by atoms with van der Waals surface area (Å²) in [6, 6.07) is 12.3. The van der Waals surface area contributed by atoms with Gasteiger partial charge in [0.05, 0.1) is 17.3 Å². The van der Waals surface area contributed by atoms with Crippen LogP contribution in [0.4, 0.5) is 0 Å². The number of ether oxygens (including phenoxy) is 2. The molecule has 0 amide bonds. The minimum atomic E-state index is -1.08. The van der Waals surface area contributed by atoms with Crippen molar-refractivity contribution in [2.75, 3.05) is 7.11 Å². The molecule has 106 valence electrons. The van der Waals surface area contributed by atoms with Crippen LogP contribution in [0, 0.1) is 0 Å². The number of hydrogen-bond acceptors (Lipinski definition) is 5. The van der Waals surface area contributed by atoms with E-state index in [4.69, 9.17) is 9.47 Å². The van der Waals surface area contributed by atoms with Gasteiger partial charge in [-0.2, -0.15) is 0 Å². The van der Waals surface area contributed by atoms with E-state index in [9.17, 15) is 9.90 Å². The first-order chi connectivity index (χ1) is 10.2. The molecule has 1 aromatic heterocycles. The molecule has 21 heavy (non-hydrogen) atoms. The van der Waals surface area contributed by atoms with Gasteiger partial charge in [0.2, 0.25) is 0 Å². The topological polar surface area (TPSA) is 68.7 Å². The molecule has 0 fully saturated rings. The Hall–Kier alpha value is -2.60. The van der Waals surface area contributed by atoms with Crippen LogP contribution in [0.3, 0.4) is 0 Å². The van der Waals surface area contributed by atoms with Crippen LogP contribution in [0.25, 0.3) is 10.2 Å². The quantitative estimate of drug-likeness (QED) is 0.794. The second kappa shape index (κ2) is 5.41. The number of para-hydroxylation sites is 2. The van der Waals surface area contributed by atoms with Gasteiger partial charge in [-0.25, -0.2) is 9.78 Å². The summed E-state index contributed by atoms with van der Waals surface area (Å²) < 4.78 is 11.8. The highest BCUT2D eigenvalue weighted by Crippen LogP contribution is 2.38. The van der Waals surface area contributed by atoms with Gasteiger partial charge in [0.25, 0.3) is 5.19 Å². The summed E-state index contributed by atoms with van der Waals surface area (Å²) in [5.41, 5.74) is 0.845. The van der Waals surface area contributed by atoms with E-state index in [2.05, 4.69) is 4.98 Å². The van der Waals surface area contributed by atoms with Crippen LogP contribution in [0.5, 0.6) is 16.7 Å². The number of fused-ring (bicyclic) bond motifs is 1. The Morgan fingerprint density at radius 2 is 2.00 bits per heavy atom. The molecular formula is C15H11NO4S. The maximum absolute atomic E-state index is 11.3. The summed E-state index contributed by atoms with van der Waals surface area (Å²) in [7, 11) is 1.46. The SMILES string of the molecule is COc1cccc(C(=O)O)c1Oc1nc2ccccc2s1. The molecule has 5 nitrogen and oxygen atoms in total. The van der Waals surface area contributed by atoms with Crippen LogP contribution < -0.4 is 9.47 Å². The van der Waals surface area contributed by atoms with Gasteiger partial charge in [0, 0.05) is 0 Å². The molecule has 0 saturated carbocycles. The lowest BCUT2D eigenvalue weighted by atomic mass is 10.2. The van der Waals surface area contributed by atoms with Gasteiger partial charge in [-0.1, -0.05) is 29.5 Å². The van der Waals surface area contributed by atoms with Crippen molar-refractivity contribution in [3.8, 4) is 16.7 Å². The molecule has 0 saturated heterocycles. The van der Waals surface area contributed by atoms with Gasteiger partial charge >= 0.3 is 5.97 Å². The maximum atomic E-state index is 11.3. The fraction of sp³-hybridized carbons (Fsp3) is 0.0667. The van der Waals surface area contributed by atoms with E-state index in [1.54, 1.807) is 12.1 Å². The number of methoxy groups -OCH3 is 1. The van der Waals surface area contributed by atoms with Crippen molar-refractivity contribution in [1.29, 1.82) is 0 Å². The summed E-state index contributed by atoms with van der Waals surface area (Å²) in [5, 5.41) is 9.63. The third-order valence-corrected chi connectivity index (χ3v) is 3.81. The summed E-state index contributed by atoms with van der Waals surface area (Å²) in [5.74, 6) is -0.564. The van der Waals surface area contributed by atoms with Gasteiger partial charge in [0.15, 0.2) is 11.5 Å². The van der Waals surface area contributed by atoms with Crippen LogP contribution in [-0.4, -0.2) is 23.2 Å². The lowest BCUT2D eigenvalue weighted by Crippen LogP contribution is -2.01. The number of aromatic carboxylic acids is 1. The lowest BCUT2D eigenvalue weighted by molar-refractivity contribution is 0.0693. The summed E-state index contributed by atoms with van der Waals surface area (Å²) in [6.45, 7) is 0. The highest BCUT2D eigenvalue weighted by atomic mass is 32.1. The van der Waals surface area contributed by atoms with E-state index >= 15 is 0 Å². The number of carboxylic acid groups (broad SMARTS) is 1. The zero-order valence-corrected chi connectivity index (χ0v) is 11.9. The van der Waals surface area contributed by atoms with Gasteiger partial charge < -0.3 is 14.6 Å². The Kier molecular flexibility index (Phi) is 3.45. The van der Waals surface area contributed by atoms with Gasteiger partial charge in [0.1, 0.15) is 5.56 Å². The van der Waals surface area contributed by atoms with Crippen LogP contribution in [-0.2, 0) is 0 Å². The third kappa shape index (κ3) is 2.53. The van der Waals surface area contributed by atoms with E-state index in [-0.39, 0.29) is 11.3 Å². The standard InChI is InChI=1S/C15H11NO4S/c1-19-11-7-4-5-9(14(17)18)13(11)20-15-16-10-6-2-3-8-12(10)21-15/h2-8H,1H3,(H,17,18).